The smallest absolute Gasteiger partial charge is 0.448 e. The second kappa shape index (κ2) is 10.8. The van der Waals surface area contributed by atoms with Crippen molar-refractivity contribution in [3.8, 4) is 5.75 Å². The average molecular weight is 540 g/mol. The number of benzene rings is 2. The summed E-state index contributed by atoms with van der Waals surface area (Å²) < 4.78 is 44.8. The molecule has 0 N–H and O–H groups in total. The number of hydrogen-bond donors (Lipinski definition) is 0. The van der Waals surface area contributed by atoms with Crippen molar-refractivity contribution in [2.24, 2.45) is 0 Å². The molecule has 9 nitrogen and oxygen atoms in total. The molecule has 0 bridgehead atoms. The molecule has 5 rings (SSSR count). The lowest BCUT2D eigenvalue weighted by molar-refractivity contribution is -0.0534. The van der Waals surface area contributed by atoms with Gasteiger partial charge in [0.05, 0.1) is 24.9 Å². The summed E-state index contributed by atoms with van der Waals surface area (Å²) in [4.78, 5) is 40.1. The maximum atomic E-state index is 13.9. The molecule has 1 saturated heterocycles. The van der Waals surface area contributed by atoms with Crippen molar-refractivity contribution in [1.82, 2.24) is 14.7 Å². The number of fused-ring (bicyclic) bond motifs is 2. The van der Waals surface area contributed by atoms with Crippen LogP contribution in [0.3, 0.4) is 0 Å². The summed E-state index contributed by atoms with van der Waals surface area (Å²) in [5.41, 5.74) is 0.703. The summed E-state index contributed by atoms with van der Waals surface area (Å²) in [6.07, 6.45) is 0.221. The highest BCUT2D eigenvalue weighted by Gasteiger charge is 2.48. The van der Waals surface area contributed by atoms with Crippen molar-refractivity contribution in [2.45, 2.75) is 51.0 Å². The maximum absolute atomic E-state index is 13.9. The van der Waals surface area contributed by atoms with E-state index in [4.69, 9.17) is 14.2 Å². The van der Waals surface area contributed by atoms with Gasteiger partial charge in [0, 0.05) is 19.4 Å². The van der Waals surface area contributed by atoms with Crippen LogP contribution in [0.4, 0.5) is 13.6 Å². The predicted molar refractivity (Wildman–Crippen MR) is 134 cm³/mol. The molecule has 1 fully saturated rings. The Bertz CT molecular complexity index is 1380. The Balaban J connectivity index is 1.66. The molecule has 3 atom stereocenters. The van der Waals surface area contributed by atoms with Gasteiger partial charge in [0.25, 0.3) is 5.91 Å². The van der Waals surface area contributed by atoms with Crippen LogP contribution in [0.25, 0.3) is 0 Å². The lowest BCUT2D eigenvalue weighted by Crippen LogP contribution is -2.51. The zero-order valence-corrected chi connectivity index (χ0v) is 21.4. The van der Waals surface area contributed by atoms with E-state index in [-0.39, 0.29) is 24.1 Å². The van der Waals surface area contributed by atoms with Gasteiger partial charge >= 0.3 is 6.16 Å². The Kier molecular flexibility index (Phi) is 7.32. The normalized spacial score (nSPS) is 18.9. The van der Waals surface area contributed by atoms with E-state index >= 15 is 0 Å². The van der Waals surface area contributed by atoms with Crippen LogP contribution in [0, 0.1) is 11.6 Å². The third kappa shape index (κ3) is 5.08. The van der Waals surface area contributed by atoms with Gasteiger partial charge in [0.1, 0.15) is 11.6 Å². The highest BCUT2D eigenvalue weighted by Crippen LogP contribution is 2.46. The van der Waals surface area contributed by atoms with Crippen LogP contribution >= 0.6 is 0 Å². The quantitative estimate of drug-likeness (QED) is 0.324. The number of aromatic nitrogens is 2. The molecule has 204 valence electrons. The first kappa shape index (κ1) is 26.3. The summed E-state index contributed by atoms with van der Waals surface area (Å²) in [6, 6.07) is 11.1. The average Bonchev–Trinajstić information content (AvgIpc) is 3.40. The fourth-order valence-corrected chi connectivity index (χ4v) is 5.45. The molecule has 1 amide bonds. The number of halogens is 2. The van der Waals surface area contributed by atoms with Crippen molar-refractivity contribution in [3.05, 3.63) is 93.4 Å². The molecule has 0 radical (unpaired) electrons. The number of carbonyl (C=O) groups is 2. The minimum absolute atomic E-state index is 0.0841. The number of ether oxygens (including phenoxy) is 3. The second-order valence-corrected chi connectivity index (χ2v) is 9.40. The van der Waals surface area contributed by atoms with Crippen molar-refractivity contribution >= 4 is 12.1 Å². The number of nitrogens with zero attached hydrogens (tertiary/aromatic N) is 3. The Morgan fingerprint density at radius 3 is 2.26 bits per heavy atom. The van der Waals surface area contributed by atoms with Crippen LogP contribution in [0.1, 0.15) is 60.3 Å². The molecule has 1 unspecified atom stereocenters. The van der Waals surface area contributed by atoms with Gasteiger partial charge in [-0.3, -0.25) is 14.3 Å². The van der Waals surface area contributed by atoms with Gasteiger partial charge in [-0.1, -0.05) is 24.3 Å². The summed E-state index contributed by atoms with van der Waals surface area (Å²) in [5.74, 6) is -2.05. The summed E-state index contributed by atoms with van der Waals surface area (Å²) >= 11 is 0. The molecule has 3 aromatic rings. The zero-order valence-electron chi connectivity index (χ0n) is 21.4. The van der Waals surface area contributed by atoms with Gasteiger partial charge in [0.2, 0.25) is 17.5 Å². The fourth-order valence-electron chi connectivity index (χ4n) is 5.45. The standard InChI is InChI=1S/C28H27F2N3O6/c1-3-37-28(36)39-16(2)38-26-22(34)15-31-33-24(21-5-4-14-32(21)27(35)25(26)33)23(17-6-10-19(29)11-7-17)18-8-12-20(30)13-9-18/h6-13,15-16,21,23-24H,3-5,14H2,1-2H3/t16?,21-,24-/m1/s1. The first-order valence-electron chi connectivity index (χ1n) is 12.7. The molecule has 0 aliphatic carbocycles. The van der Waals surface area contributed by atoms with E-state index in [1.807, 2.05) is 0 Å². The lowest BCUT2D eigenvalue weighted by Gasteiger charge is -2.43. The summed E-state index contributed by atoms with van der Waals surface area (Å²) in [7, 11) is 0. The van der Waals surface area contributed by atoms with E-state index in [0.717, 1.165) is 23.7 Å². The highest BCUT2D eigenvalue weighted by molar-refractivity contribution is 5.96. The first-order chi connectivity index (χ1) is 18.8. The molecular formula is C28H27F2N3O6. The van der Waals surface area contributed by atoms with E-state index < -0.39 is 47.4 Å². The molecule has 0 spiro atoms. The summed E-state index contributed by atoms with van der Waals surface area (Å²) in [6.45, 7) is 3.56. The first-order valence-corrected chi connectivity index (χ1v) is 12.7. The lowest BCUT2D eigenvalue weighted by atomic mass is 9.80. The largest absolute Gasteiger partial charge is 0.511 e. The third-order valence-corrected chi connectivity index (χ3v) is 7.01. The van der Waals surface area contributed by atoms with Crippen molar-refractivity contribution in [1.29, 1.82) is 0 Å². The van der Waals surface area contributed by atoms with E-state index in [1.54, 1.807) is 36.1 Å². The Labute approximate surface area is 222 Å². The Morgan fingerprint density at radius 1 is 1.05 bits per heavy atom. The van der Waals surface area contributed by atoms with Gasteiger partial charge in [-0.05, 0) is 55.2 Å². The molecule has 2 aromatic carbocycles. The monoisotopic (exact) mass is 539 g/mol. The molecule has 2 aliphatic rings. The number of amides is 1. The summed E-state index contributed by atoms with van der Waals surface area (Å²) in [5, 5.41) is 4.37. The number of carbonyl (C=O) groups excluding carboxylic acids is 2. The molecule has 1 aromatic heterocycles. The van der Waals surface area contributed by atoms with Crippen LogP contribution in [0.15, 0.2) is 59.5 Å². The second-order valence-electron chi connectivity index (χ2n) is 9.40. The van der Waals surface area contributed by atoms with E-state index in [9.17, 15) is 23.2 Å². The van der Waals surface area contributed by atoms with Crippen LogP contribution in [0.5, 0.6) is 5.75 Å². The predicted octanol–water partition coefficient (Wildman–Crippen LogP) is 4.41. The molecule has 39 heavy (non-hydrogen) atoms. The SMILES string of the molecule is CCOC(=O)OC(C)Oc1c2n(ncc1=O)[C@@H](C(c1ccc(F)cc1)c1ccc(F)cc1)[C@H]1CCCN1C2=O. The molecule has 3 heterocycles. The van der Waals surface area contributed by atoms with Crippen LogP contribution in [0.2, 0.25) is 0 Å². The Hall–Kier alpha value is -4.28. The number of hydrogen-bond acceptors (Lipinski definition) is 7. The minimum Gasteiger partial charge on any atom is -0.448 e. The van der Waals surface area contributed by atoms with Gasteiger partial charge in [0.15, 0.2) is 5.69 Å². The fraction of sp³-hybridized carbons (Fsp3) is 0.357. The van der Waals surface area contributed by atoms with E-state index in [1.165, 1.54) is 35.9 Å². The van der Waals surface area contributed by atoms with Crippen molar-refractivity contribution in [2.75, 3.05) is 13.2 Å². The van der Waals surface area contributed by atoms with Crippen molar-refractivity contribution in [3.63, 3.8) is 0 Å². The van der Waals surface area contributed by atoms with Gasteiger partial charge in [-0.15, -0.1) is 0 Å². The number of rotatable bonds is 7. The van der Waals surface area contributed by atoms with Crippen LogP contribution < -0.4 is 10.2 Å². The topological polar surface area (TPSA) is 100.0 Å². The van der Waals surface area contributed by atoms with E-state index in [2.05, 4.69) is 5.10 Å². The molecule has 2 aliphatic heterocycles. The minimum atomic E-state index is -1.24. The Morgan fingerprint density at radius 2 is 1.67 bits per heavy atom. The van der Waals surface area contributed by atoms with Gasteiger partial charge in [-0.25, -0.2) is 13.6 Å². The van der Waals surface area contributed by atoms with Crippen LogP contribution in [-0.4, -0.2) is 52.2 Å². The zero-order chi connectivity index (χ0) is 27.7. The molecule has 11 heteroatoms. The van der Waals surface area contributed by atoms with E-state index in [0.29, 0.717) is 13.0 Å². The van der Waals surface area contributed by atoms with Crippen molar-refractivity contribution < 1.29 is 32.6 Å². The van der Waals surface area contributed by atoms with Gasteiger partial charge < -0.3 is 19.1 Å². The van der Waals surface area contributed by atoms with Gasteiger partial charge in [-0.2, -0.15) is 5.10 Å². The maximum Gasteiger partial charge on any atom is 0.511 e. The van der Waals surface area contributed by atoms with Crippen LogP contribution in [-0.2, 0) is 9.47 Å². The third-order valence-electron chi connectivity index (χ3n) is 7.01. The molecular weight excluding hydrogens is 512 g/mol. The highest BCUT2D eigenvalue weighted by atomic mass is 19.1. The molecule has 0 saturated carbocycles.